The van der Waals surface area contributed by atoms with E-state index in [1.807, 2.05) is 30.3 Å². The summed E-state index contributed by atoms with van der Waals surface area (Å²) < 4.78 is 26.9. The molecule has 0 radical (unpaired) electrons. The molecular formula is C19H25N3O3S. The maximum absolute atomic E-state index is 12.8. The minimum absolute atomic E-state index is 0.0933. The first-order valence-corrected chi connectivity index (χ1v) is 10.0. The molecule has 0 bridgehead atoms. The van der Waals surface area contributed by atoms with Gasteiger partial charge in [0.15, 0.2) is 0 Å². The lowest BCUT2D eigenvalue weighted by atomic mass is 10.2. The topological polar surface area (TPSA) is 78.5 Å². The van der Waals surface area contributed by atoms with Gasteiger partial charge in [-0.3, -0.25) is 4.79 Å². The molecule has 0 saturated carbocycles. The predicted octanol–water partition coefficient (Wildman–Crippen LogP) is 3.08. The van der Waals surface area contributed by atoms with E-state index in [4.69, 9.17) is 0 Å². The third-order valence-electron chi connectivity index (χ3n) is 4.02. The number of rotatable bonds is 8. The number of para-hydroxylation sites is 1. The van der Waals surface area contributed by atoms with Crippen molar-refractivity contribution in [3.05, 3.63) is 54.1 Å². The van der Waals surface area contributed by atoms with E-state index in [2.05, 4.69) is 10.6 Å². The fourth-order valence-corrected chi connectivity index (χ4v) is 4.31. The van der Waals surface area contributed by atoms with Crippen LogP contribution in [0.2, 0.25) is 0 Å². The number of nitrogens with zero attached hydrogens (tertiary/aromatic N) is 1. The molecule has 140 valence electrons. The van der Waals surface area contributed by atoms with Crippen LogP contribution >= 0.6 is 0 Å². The predicted molar refractivity (Wildman–Crippen MR) is 105 cm³/mol. The first-order valence-electron chi connectivity index (χ1n) is 8.58. The van der Waals surface area contributed by atoms with Crippen LogP contribution in [0.25, 0.3) is 0 Å². The Morgan fingerprint density at radius 3 is 2.27 bits per heavy atom. The molecule has 0 unspecified atom stereocenters. The van der Waals surface area contributed by atoms with Crippen molar-refractivity contribution in [1.29, 1.82) is 0 Å². The standard InChI is InChI=1S/C19H25N3O3S/c1-4-22(5-2)26(24,25)18-13-17(12-11-15(18)3)21-19(23)14-20-16-9-7-6-8-10-16/h6-13,20H,4-5,14H2,1-3H3,(H,21,23). The van der Waals surface area contributed by atoms with Crippen molar-refractivity contribution in [3.8, 4) is 0 Å². The van der Waals surface area contributed by atoms with Gasteiger partial charge < -0.3 is 10.6 Å². The molecule has 7 heteroatoms. The smallest absolute Gasteiger partial charge is 0.243 e. The highest BCUT2D eigenvalue weighted by molar-refractivity contribution is 7.89. The normalized spacial score (nSPS) is 11.4. The van der Waals surface area contributed by atoms with Crippen LogP contribution in [0.4, 0.5) is 11.4 Å². The van der Waals surface area contributed by atoms with Crippen molar-refractivity contribution < 1.29 is 13.2 Å². The average Bonchev–Trinajstić information content (AvgIpc) is 2.63. The van der Waals surface area contributed by atoms with Gasteiger partial charge in [0, 0.05) is 24.5 Å². The van der Waals surface area contributed by atoms with Gasteiger partial charge in [0.1, 0.15) is 0 Å². The Bertz CT molecular complexity index is 848. The van der Waals surface area contributed by atoms with Crippen molar-refractivity contribution in [3.63, 3.8) is 0 Å². The van der Waals surface area contributed by atoms with Crippen LogP contribution in [0.5, 0.6) is 0 Å². The Morgan fingerprint density at radius 2 is 1.65 bits per heavy atom. The first kappa shape index (κ1) is 19.9. The Morgan fingerprint density at radius 1 is 1.00 bits per heavy atom. The van der Waals surface area contributed by atoms with Crippen LogP contribution in [0, 0.1) is 6.92 Å². The lowest BCUT2D eigenvalue weighted by Crippen LogP contribution is -2.31. The zero-order chi connectivity index (χ0) is 19.2. The number of anilines is 2. The molecule has 0 aromatic heterocycles. The van der Waals surface area contributed by atoms with E-state index in [9.17, 15) is 13.2 Å². The highest BCUT2D eigenvalue weighted by Gasteiger charge is 2.24. The van der Waals surface area contributed by atoms with Crippen molar-refractivity contribution in [2.45, 2.75) is 25.7 Å². The van der Waals surface area contributed by atoms with Crippen LogP contribution < -0.4 is 10.6 Å². The molecule has 2 N–H and O–H groups in total. The molecule has 0 aliphatic carbocycles. The number of nitrogens with one attached hydrogen (secondary N) is 2. The third kappa shape index (κ3) is 4.83. The number of carbonyl (C=O) groups excluding carboxylic acids is 1. The number of aryl methyl sites for hydroxylation is 1. The highest BCUT2D eigenvalue weighted by atomic mass is 32.2. The summed E-state index contributed by atoms with van der Waals surface area (Å²) in [6.45, 7) is 6.25. The molecule has 0 saturated heterocycles. The Labute approximate surface area is 155 Å². The molecule has 1 amide bonds. The SMILES string of the molecule is CCN(CC)S(=O)(=O)c1cc(NC(=O)CNc2ccccc2)ccc1C. The monoisotopic (exact) mass is 375 g/mol. The van der Waals surface area contributed by atoms with E-state index in [-0.39, 0.29) is 17.3 Å². The second-order valence-corrected chi connectivity index (χ2v) is 7.74. The molecule has 2 rings (SSSR count). The van der Waals surface area contributed by atoms with Gasteiger partial charge in [-0.05, 0) is 36.8 Å². The molecule has 2 aromatic rings. The molecule has 6 nitrogen and oxygen atoms in total. The van der Waals surface area contributed by atoms with Crippen LogP contribution in [-0.2, 0) is 14.8 Å². The number of sulfonamides is 1. The molecule has 0 spiro atoms. The fourth-order valence-electron chi connectivity index (χ4n) is 2.60. The van der Waals surface area contributed by atoms with Crippen molar-refractivity contribution in [2.24, 2.45) is 0 Å². The summed E-state index contributed by atoms with van der Waals surface area (Å²) in [6.07, 6.45) is 0. The summed E-state index contributed by atoms with van der Waals surface area (Å²) in [5, 5.41) is 5.76. The van der Waals surface area contributed by atoms with E-state index in [0.717, 1.165) is 5.69 Å². The fraction of sp³-hybridized carbons (Fsp3) is 0.316. The number of carbonyl (C=O) groups is 1. The van der Waals surface area contributed by atoms with Gasteiger partial charge >= 0.3 is 0 Å². The lowest BCUT2D eigenvalue weighted by molar-refractivity contribution is -0.114. The van der Waals surface area contributed by atoms with Crippen LogP contribution in [0.15, 0.2) is 53.4 Å². The van der Waals surface area contributed by atoms with Gasteiger partial charge in [-0.1, -0.05) is 38.1 Å². The summed E-state index contributed by atoms with van der Waals surface area (Å²) in [6, 6.07) is 14.3. The van der Waals surface area contributed by atoms with Crippen LogP contribution in [0.3, 0.4) is 0 Å². The molecule has 0 aliphatic heterocycles. The molecule has 0 fully saturated rings. The third-order valence-corrected chi connectivity index (χ3v) is 6.21. The summed E-state index contributed by atoms with van der Waals surface area (Å²) in [4.78, 5) is 12.4. The summed E-state index contributed by atoms with van der Waals surface area (Å²) in [7, 11) is -3.58. The van der Waals surface area contributed by atoms with E-state index < -0.39 is 10.0 Å². The molecular weight excluding hydrogens is 350 g/mol. The highest BCUT2D eigenvalue weighted by Crippen LogP contribution is 2.23. The Hall–Kier alpha value is -2.38. The van der Waals surface area contributed by atoms with Gasteiger partial charge in [-0.2, -0.15) is 4.31 Å². The Kier molecular flexibility index (Phi) is 6.76. The van der Waals surface area contributed by atoms with Crippen molar-refractivity contribution in [2.75, 3.05) is 30.3 Å². The maximum atomic E-state index is 12.8. The molecule has 0 heterocycles. The summed E-state index contributed by atoms with van der Waals surface area (Å²) in [5.74, 6) is -0.246. The van der Waals surface area contributed by atoms with E-state index in [1.165, 1.54) is 10.4 Å². The van der Waals surface area contributed by atoms with Gasteiger partial charge in [0.05, 0.1) is 11.4 Å². The van der Waals surface area contributed by atoms with Gasteiger partial charge in [-0.25, -0.2) is 8.42 Å². The van der Waals surface area contributed by atoms with Crippen LogP contribution in [0.1, 0.15) is 19.4 Å². The van der Waals surface area contributed by atoms with Crippen molar-refractivity contribution in [1.82, 2.24) is 4.31 Å². The van der Waals surface area contributed by atoms with Gasteiger partial charge in [-0.15, -0.1) is 0 Å². The first-order chi connectivity index (χ1) is 12.4. The quantitative estimate of drug-likeness (QED) is 0.743. The second kappa shape index (κ2) is 8.82. The molecule has 26 heavy (non-hydrogen) atoms. The maximum Gasteiger partial charge on any atom is 0.243 e. The lowest BCUT2D eigenvalue weighted by Gasteiger charge is -2.20. The molecule has 0 atom stereocenters. The van der Waals surface area contributed by atoms with E-state index >= 15 is 0 Å². The zero-order valence-corrected chi connectivity index (χ0v) is 16.1. The minimum Gasteiger partial charge on any atom is -0.376 e. The van der Waals surface area contributed by atoms with Gasteiger partial charge in [0.25, 0.3) is 0 Å². The number of hydrogen-bond acceptors (Lipinski definition) is 4. The molecule has 2 aromatic carbocycles. The van der Waals surface area contributed by atoms with E-state index in [1.54, 1.807) is 32.9 Å². The number of amides is 1. The van der Waals surface area contributed by atoms with Crippen LogP contribution in [-0.4, -0.2) is 38.3 Å². The number of hydrogen-bond donors (Lipinski definition) is 2. The van der Waals surface area contributed by atoms with Crippen molar-refractivity contribution >= 4 is 27.3 Å². The zero-order valence-electron chi connectivity index (χ0n) is 15.3. The average molecular weight is 375 g/mol. The molecule has 0 aliphatic rings. The number of benzene rings is 2. The van der Waals surface area contributed by atoms with Gasteiger partial charge in [0.2, 0.25) is 15.9 Å². The minimum atomic E-state index is -3.58. The summed E-state index contributed by atoms with van der Waals surface area (Å²) >= 11 is 0. The Balaban J connectivity index is 2.12. The summed E-state index contributed by atoms with van der Waals surface area (Å²) in [5.41, 5.74) is 1.95. The largest absolute Gasteiger partial charge is 0.376 e. The second-order valence-electron chi connectivity index (χ2n) is 5.84. The van der Waals surface area contributed by atoms with E-state index in [0.29, 0.717) is 24.3 Å².